The highest BCUT2D eigenvalue weighted by Gasteiger charge is 1.85. The molecule has 1 aromatic carbocycles. The van der Waals surface area contributed by atoms with E-state index in [-0.39, 0.29) is 0 Å². The second-order valence-electron chi connectivity index (χ2n) is 2.93. The van der Waals surface area contributed by atoms with Crippen molar-refractivity contribution in [3.05, 3.63) is 48.2 Å². The SMILES string of the molecule is CCCOC=CCc1ccccc1. The fourth-order valence-corrected chi connectivity index (χ4v) is 1.05. The van der Waals surface area contributed by atoms with Crippen molar-refractivity contribution in [2.24, 2.45) is 0 Å². The summed E-state index contributed by atoms with van der Waals surface area (Å²) in [7, 11) is 0. The highest BCUT2D eigenvalue weighted by atomic mass is 16.5. The van der Waals surface area contributed by atoms with Gasteiger partial charge in [0, 0.05) is 0 Å². The fourth-order valence-electron chi connectivity index (χ4n) is 1.05. The topological polar surface area (TPSA) is 9.23 Å². The molecule has 1 rings (SSSR count). The van der Waals surface area contributed by atoms with Crippen molar-refractivity contribution >= 4 is 0 Å². The maximum atomic E-state index is 5.22. The van der Waals surface area contributed by atoms with Crippen LogP contribution in [0.25, 0.3) is 0 Å². The molecule has 0 atom stereocenters. The minimum atomic E-state index is 0.811. The van der Waals surface area contributed by atoms with Crippen LogP contribution in [-0.2, 0) is 11.2 Å². The molecule has 1 nitrogen and oxygen atoms in total. The van der Waals surface area contributed by atoms with Gasteiger partial charge in [0.25, 0.3) is 0 Å². The van der Waals surface area contributed by atoms with Crippen LogP contribution in [0.15, 0.2) is 42.7 Å². The van der Waals surface area contributed by atoms with Crippen LogP contribution in [0.5, 0.6) is 0 Å². The molecule has 0 unspecified atom stereocenters. The monoisotopic (exact) mass is 176 g/mol. The molecule has 0 radical (unpaired) electrons. The van der Waals surface area contributed by atoms with Gasteiger partial charge in [-0.25, -0.2) is 0 Å². The summed E-state index contributed by atoms with van der Waals surface area (Å²) in [6.07, 6.45) is 5.85. The summed E-state index contributed by atoms with van der Waals surface area (Å²) in [5.74, 6) is 0. The highest BCUT2D eigenvalue weighted by molar-refractivity contribution is 5.16. The molecule has 0 saturated carbocycles. The Morgan fingerprint density at radius 1 is 1.23 bits per heavy atom. The number of hydrogen-bond acceptors (Lipinski definition) is 1. The van der Waals surface area contributed by atoms with E-state index in [1.54, 1.807) is 6.26 Å². The van der Waals surface area contributed by atoms with Crippen LogP contribution in [0.3, 0.4) is 0 Å². The molecular weight excluding hydrogens is 160 g/mol. The lowest BCUT2D eigenvalue weighted by molar-refractivity contribution is 0.249. The quantitative estimate of drug-likeness (QED) is 0.494. The molecule has 0 bridgehead atoms. The maximum absolute atomic E-state index is 5.22. The van der Waals surface area contributed by atoms with Gasteiger partial charge < -0.3 is 4.74 Å². The van der Waals surface area contributed by atoms with Crippen molar-refractivity contribution in [3.63, 3.8) is 0 Å². The number of rotatable bonds is 5. The molecule has 1 aromatic rings. The lowest BCUT2D eigenvalue weighted by atomic mass is 10.2. The van der Waals surface area contributed by atoms with E-state index < -0.39 is 0 Å². The first kappa shape index (κ1) is 9.85. The first-order chi connectivity index (χ1) is 6.43. The third-order valence-corrected chi connectivity index (χ3v) is 1.71. The van der Waals surface area contributed by atoms with E-state index >= 15 is 0 Å². The van der Waals surface area contributed by atoms with Crippen molar-refractivity contribution in [2.75, 3.05) is 6.61 Å². The molecule has 0 amide bonds. The largest absolute Gasteiger partial charge is 0.502 e. The molecule has 13 heavy (non-hydrogen) atoms. The van der Waals surface area contributed by atoms with E-state index in [2.05, 4.69) is 31.2 Å². The Hall–Kier alpha value is -1.24. The van der Waals surface area contributed by atoms with E-state index in [1.807, 2.05) is 12.1 Å². The highest BCUT2D eigenvalue weighted by Crippen LogP contribution is 1.99. The summed E-state index contributed by atoms with van der Waals surface area (Å²) in [5, 5.41) is 0. The van der Waals surface area contributed by atoms with Crippen LogP contribution in [0.2, 0.25) is 0 Å². The predicted octanol–water partition coefficient (Wildman–Crippen LogP) is 3.17. The Labute approximate surface area is 80.0 Å². The van der Waals surface area contributed by atoms with Crippen LogP contribution < -0.4 is 0 Å². The van der Waals surface area contributed by atoms with E-state index in [0.717, 1.165) is 19.4 Å². The van der Waals surface area contributed by atoms with Crippen LogP contribution in [0, 0.1) is 0 Å². The third kappa shape index (κ3) is 4.36. The molecule has 0 N–H and O–H groups in total. The van der Waals surface area contributed by atoms with Gasteiger partial charge in [0.1, 0.15) is 0 Å². The van der Waals surface area contributed by atoms with E-state index in [0.29, 0.717) is 0 Å². The van der Waals surface area contributed by atoms with E-state index in [1.165, 1.54) is 5.56 Å². The summed E-state index contributed by atoms with van der Waals surface area (Å²) < 4.78 is 5.22. The van der Waals surface area contributed by atoms with Gasteiger partial charge in [-0.1, -0.05) is 37.3 Å². The molecule has 0 saturated heterocycles. The standard InChI is InChI=1S/C12H16O/c1-2-10-13-11-6-9-12-7-4-3-5-8-12/h3-8,11H,2,9-10H2,1H3. The minimum Gasteiger partial charge on any atom is -0.502 e. The molecule has 0 spiro atoms. The fraction of sp³-hybridized carbons (Fsp3) is 0.333. The smallest absolute Gasteiger partial charge is 0.0870 e. The number of benzene rings is 1. The normalized spacial score (nSPS) is 10.5. The Morgan fingerprint density at radius 3 is 2.69 bits per heavy atom. The Morgan fingerprint density at radius 2 is 2.00 bits per heavy atom. The van der Waals surface area contributed by atoms with Gasteiger partial charge in [0.2, 0.25) is 0 Å². The predicted molar refractivity (Wildman–Crippen MR) is 55.5 cm³/mol. The number of ether oxygens (including phenoxy) is 1. The summed E-state index contributed by atoms with van der Waals surface area (Å²) in [6, 6.07) is 10.4. The van der Waals surface area contributed by atoms with Crippen LogP contribution in [0.4, 0.5) is 0 Å². The first-order valence-electron chi connectivity index (χ1n) is 4.74. The Bertz CT molecular complexity index is 239. The van der Waals surface area contributed by atoms with E-state index in [4.69, 9.17) is 4.74 Å². The van der Waals surface area contributed by atoms with Crippen LogP contribution in [-0.4, -0.2) is 6.61 Å². The maximum Gasteiger partial charge on any atom is 0.0870 e. The number of hydrogen-bond donors (Lipinski definition) is 0. The lowest BCUT2D eigenvalue weighted by Gasteiger charge is -1.96. The Balaban J connectivity index is 2.23. The summed E-state index contributed by atoms with van der Waals surface area (Å²) in [5.41, 5.74) is 1.32. The van der Waals surface area contributed by atoms with Crippen molar-refractivity contribution in [3.8, 4) is 0 Å². The molecule has 0 aliphatic heterocycles. The van der Waals surface area contributed by atoms with Crippen molar-refractivity contribution in [1.29, 1.82) is 0 Å². The van der Waals surface area contributed by atoms with Gasteiger partial charge in [0.15, 0.2) is 0 Å². The molecular formula is C12H16O. The Kier molecular flexibility index (Phi) is 4.77. The lowest BCUT2D eigenvalue weighted by Crippen LogP contribution is -1.84. The van der Waals surface area contributed by atoms with Crippen LogP contribution in [0.1, 0.15) is 18.9 Å². The third-order valence-electron chi connectivity index (χ3n) is 1.71. The van der Waals surface area contributed by atoms with Crippen molar-refractivity contribution < 1.29 is 4.74 Å². The van der Waals surface area contributed by atoms with Gasteiger partial charge in [-0.3, -0.25) is 0 Å². The van der Waals surface area contributed by atoms with Crippen LogP contribution >= 0.6 is 0 Å². The summed E-state index contributed by atoms with van der Waals surface area (Å²) >= 11 is 0. The first-order valence-corrected chi connectivity index (χ1v) is 4.74. The molecule has 0 aromatic heterocycles. The van der Waals surface area contributed by atoms with Gasteiger partial charge in [-0.05, 0) is 24.5 Å². The molecule has 0 aliphatic carbocycles. The molecule has 1 heteroatoms. The van der Waals surface area contributed by atoms with Gasteiger partial charge >= 0.3 is 0 Å². The molecule has 0 aliphatic rings. The average Bonchev–Trinajstić information content (AvgIpc) is 2.19. The molecule has 0 fully saturated rings. The summed E-state index contributed by atoms with van der Waals surface area (Å²) in [4.78, 5) is 0. The van der Waals surface area contributed by atoms with E-state index in [9.17, 15) is 0 Å². The second-order valence-corrected chi connectivity index (χ2v) is 2.93. The zero-order valence-corrected chi connectivity index (χ0v) is 8.07. The van der Waals surface area contributed by atoms with Gasteiger partial charge in [-0.2, -0.15) is 0 Å². The molecule has 70 valence electrons. The minimum absolute atomic E-state index is 0.811. The average molecular weight is 176 g/mol. The zero-order valence-electron chi connectivity index (χ0n) is 8.07. The van der Waals surface area contributed by atoms with Gasteiger partial charge in [0.05, 0.1) is 12.9 Å². The molecule has 0 heterocycles. The van der Waals surface area contributed by atoms with Crippen molar-refractivity contribution in [1.82, 2.24) is 0 Å². The van der Waals surface area contributed by atoms with Crippen molar-refractivity contribution in [2.45, 2.75) is 19.8 Å². The second kappa shape index (κ2) is 6.30. The van der Waals surface area contributed by atoms with Gasteiger partial charge in [-0.15, -0.1) is 0 Å². The number of allylic oxidation sites excluding steroid dienone is 1. The zero-order chi connectivity index (χ0) is 9.36. The summed E-state index contributed by atoms with van der Waals surface area (Å²) in [6.45, 7) is 2.91.